The van der Waals surface area contributed by atoms with Crippen LogP contribution in [0.5, 0.6) is 0 Å². The molecule has 0 radical (unpaired) electrons. The quantitative estimate of drug-likeness (QED) is 0.874. The highest BCUT2D eigenvalue weighted by atomic mass is 15.3. The average molecular weight is 304 g/mol. The maximum Gasteiger partial charge on any atom is 0.227 e. The lowest BCUT2D eigenvalue weighted by molar-refractivity contribution is 0.311. The van der Waals surface area contributed by atoms with Crippen molar-refractivity contribution in [2.75, 3.05) is 56.1 Å². The standard InChI is InChI=1S/C16H28N6/c1-13-12-14(21-6-4-16(2,17)5-7-21)19-15(18-13)22-10-8-20(3)9-11-22/h12H,4-11,17H2,1-3H3. The molecule has 2 saturated heterocycles. The van der Waals surface area contributed by atoms with Crippen LogP contribution in [0.3, 0.4) is 0 Å². The molecule has 2 aliphatic rings. The maximum atomic E-state index is 6.24. The molecule has 0 atom stereocenters. The summed E-state index contributed by atoms with van der Waals surface area (Å²) in [5, 5.41) is 0. The van der Waals surface area contributed by atoms with Crippen LogP contribution < -0.4 is 15.5 Å². The van der Waals surface area contributed by atoms with E-state index in [1.54, 1.807) is 0 Å². The van der Waals surface area contributed by atoms with Gasteiger partial charge in [0.05, 0.1) is 0 Å². The molecule has 3 heterocycles. The van der Waals surface area contributed by atoms with E-state index < -0.39 is 0 Å². The minimum Gasteiger partial charge on any atom is -0.356 e. The Labute approximate surface area is 133 Å². The summed E-state index contributed by atoms with van der Waals surface area (Å²) >= 11 is 0. The molecule has 0 aromatic carbocycles. The van der Waals surface area contributed by atoms with Gasteiger partial charge in [-0.25, -0.2) is 4.98 Å². The first-order valence-corrected chi connectivity index (χ1v) is 8.26. The number of aromatic nitrogens is 2. The lowest BCUT2D eigenvalue weighted by Gasteiger charge is -2.38. The van der Waals surface area contributed by atoms with Crippen molar-refractivity contribution < 1.29 is 0 Å². The van der Waals surface area contributed by atoms with Crippen molar-refractivity contribution in [3.8, 4) is 0 Å². The zero-order valence-corrected chi connectivity index (χ0v) is 14.0. The molecule has 0 bridgehead atoms. The third-order valence-electron chi connectivity index (χ3n) is 4.84. The molecular weight excluding hydrogens is 276 g/mol. The van der Waals surface area contributed by atoms with E-state index in [1.807, 2.05) is 0 Å². The highest BCUT2D eigenvalue weighted by molar-refractivity contribution is 5.46. The number of hydrogen-bond acceptors (Lipinski definition) is 6. The van der Waals surface area contributed by atoms with Gasteiger partial charge >= 0.3 is 0 Å². The normalized spacial score (nSPS) is 22.9. The first-order valence-electron chi connectivity index (χ1n) is 8.26. The number of aryl methyl sites for hydroxylation is 1. The van der Waals surface area contributed by atoms with Gasteiger partial charge in [0.15, 0.2) is 0 Å². The molecule has 2 N–H and O–H groups in total. The zero-order valence-electron chi connectivity index (χ0n) is 14.0. The molecule has 22 heavy (non-hydrogen) atoms. The summed E-state index contributed by atoms with van der Waals surface area (Å²) in [7, 11) is 2.16. The molecule has 1 aromatic rings. The van der Waals surface area contributed by atoms with Gasteiger partial charge in [-0.15, -0.1) is 0 Å². The number of piperazine rings is 1. The topological polar surface area (TPSA) is 61.5 Å². The minimum absolute atomic E-state index is 0.0289. The van der Waals surface area contributed by atoms with Gasteiger partial charge in [0.25, 0.3) is 0 Å². The summed E-state index contributed by atoms with van der Waals surface area (Å²) in [6, 6.07) is 2.10. The lowest BCUT2D eigenvalue weighted by Crippen LogP contribution is -2.48. The van der Waals surface area contributed by atoms with Crippen LogP contribution in [0.15, 0.2) is 6.07 Å². The SMILES string of the molecule is Cc1cc(N2CCC(C)(N)CC2)nc(N2CCN(C)CC2)n1. The smallest absolute Gasteiger partial charge is 0.227 e. The van der Waals surface area contributed by atoms with Gasteiger partial charge in [0.1, 0.15) is 5.82 Å². The fourth-order valence-electron chi connectivity index (χ4n) is 3.09. The van der Waals surface area contributed by atoms with E-state index in [1.165, 1.54) is 0 Å². The molecule has 6 heteroatoms. The third kappa shape index (κ3) is 3.50. The van der Waals surface area contributed by atoms with Crippen LogP contribution in [0.2, 0.25) is 0 Å². The second-order valence-corrected chi connectivity index (χ2v) is 7.10. The van der Waals surface area contributed by atoms with Crippen molar-refractivity contribution in [2.45, 2.75) is 32.2 Å². The van der Waals surface area contributed by atoms with Crippen molar-refractivity contribution in [3.05, 3.63) is 11.8 Å². The third-order valence-corrected chi connectivity index (χ3v) is 4.84. The molecule has 0 unspecified atom stereocenters. The van der Waals surface area contributed by atoms with Crippen LogP contribution in [0, 0.1) is 6.92 Å². The second kappa shape index (κ2) is 6.01. The van der Waals surface area contributed by atoms with E-state index in [9.17, 15) is 0 Å². The Kier molecular flexibility index (Phi) is 4.23. The number of nitrogens with zero attached hydrogens (tertiary/aromatic N) is 5. The van der Waals surface area contributed by atoms with Crippen LogP contribution in [-0.4, -0.2) is 66.7 Å². The molecule has 0 amide bonds. The lowest BCUT2D eigenvalue weighted by atomic mass is 9.91. The predicted octanol–water partition coefficient (Wildman–Crippen LogP) is 0.854. The summed E-state index contributed by atoms with van der Waals surface area (Å²) in [4.78, 5) is 16.5. The summed E-state index contributed by atoms with van der Waals surface area (Å²) in [5.41, 5.74) is 7.25. The number of rotatable bonds is 2. The van der Waals surface area contributed by atoms with Crippen LogP contribution >= 0.6 is 0 Å². The first kappa shape index (κ1) is 15.5. The Bertz CT molecular complexity index is 511. The number of piperidine rings is 1. The van der Waals surface area contributed by atoms with Crippen molar-refractivity contribution in [1.82, 2.24) is 14.9 Å². The first-order chi connectivity index (χ1) is 10.4. The van der Waals surface area contributed by atoms with Gasteiger partial charge in [-0.1, -0.05) is 0 Å². The van der Waals surface area contributed by atoms with Gasteiger partial charge in [-0.2, -0.15) is 4.98 Å². The largest absolute Gasteiger partial charge is 0.356 e. The monoisotopic (exact) mass is 304 g/mol. The Hall–Kier alpha value is -1.40. The molecule has 1 aromatic heterocycles. The number of hydrogen-bond donors (Lipinski definition) is 1. The Morgan fingerprint density at radius 1 is 1.00 bits per heavy atom. The predicted molar refractivity (Wildman–Crippen MR) is 90.5 cm³/mol. The van der Waals surface area contributed by atoms with E-state index in [4.69, 9.17) is 10.7 Å². The highest BCUT2D eigenvalue weighted by Gasteiger charge is 2.27. The van der Waals surface area contributed by atoms with Crippen LogP contribution in [0.4, 0.5) is 11.8 Å². The summed E-state index contributed by atoms with van der Waals surface area (Å²) in [6.07, 6.45) is 2.03. The van der Waals surface area contributed by atoms with Crippen LogP contribution in [0.25, 0.3) is 0 Å². The van der Waals surface area contributed by atoms with Crippen LogP contribution in [-0.2, 0) is 0 Å². The van der Waals surface area contributed by atoms with E-state index >= 15 is 0 Å². The van der Waals surface area contributed by atoms with E-state index in [0.29, 0.717) is 0 Å². The number of nitrogens with two attached hydrogens (primary N) is 1. The van der Waals surface area contributed by atoms with Gasteiger partial charge in [-0.3, -0.25) is 0 Å². The summed E-state index contributed by atoms with van der Waals surface area (Å²) < 4.78 is 0. The molecule has 0 aliphatic carbocycles. The number of likely N-dealkylation sites (N-methyl/N-ethyl adjacent to an activating group) is 1. The molecule has 2 fully saturated rings. The number of anilines is 2. The van der Waals surface area contributed by atoms with Gasteiger partial charge in [-0.05, 0) is 33.7 Å². The average Bonchev–Trinajstić information content (AvgIpc) is 2.47. The minimum atomic E-state index is -0.0289. The summed E-state index contributed by atoms with van der Waals surface area (Å²) in [6.45, 7) is 10.3. The van der Waals surface area contributed by atoms with Gasteiger partial charge in [0, 0.05) is 56.6 Å². The van der Waals surface area contributed by atoms with Crippen molar-refractivity contribution in [3.63, 3.8) is 0 Å². The fourth-order valence-corrected chi connectivity index (χ4v) is 3.09. The van der Waals surface area contributed by atoms with Crippen molar-refractivity contribution in [2.24, 2.45) is 5.73 Å². The van der Waals surface area contributed by atoms with Gasteiger partial charge in [0.2, 0.25) is 5.95 Å². The van der Waals surface area contributed by atoms with E-state index in [-0.39, 0.29) is 5.54 Å². The van der Waals surface area contributed by atoms with Crippen molar-refractivity contribution >= 4 is 11.8 Å². The Balaban J connectivity index is 1.75. The molecule has 2 aliphatic heterocycles. The van der Waals surface area contributed by atoms with Gasteiger partial charge < -0.3 is 20.4 Å². The molecular formula is C16H28N6. The highest BCUT2D eigenvalue weighted by Crippen LogP contribution is 2.25. The molecule has 0 spiro atoms. The Morgan fingerprint density at radius 2 is 1.64 bits per heavy atom. The zero-order chi connectivity index (χ0) is 15.7. The van der Waals surface area contributed by atoms with Crippen LogP contribution in [0.1, 0.15) is 25.5 Å². The second-order valence-electron chi connectivity index (χ2n) is 7.10. The maximum absolute atomic E-state index is 6.24. The molecule has 6 nitrogen and oxygen atoms in total. The van der Waals surface area contributed by atoms with E-state index in [2.05, 4.69) is 46.6 Å². The molecule has 3 rings (SSSR count). The fraction of sp³-hybridized carbons (Fsp3) is 0.750. The molecule has 0 saturated carbocycles. The Morgan fingerprint density at radius 3 is 2.27 bits per heavy atom. The summed E-state index contributed by atoms with van der Waals surface area (Å²) in [5.74, 6) is 1.93. The van der Waals surface area contributed by atoms with Crippen molar-refractivity contribution in [1.29, 1.82) is 0 Å². The van der Waals surface area contributed by atoms with E-state index in [0.717, 1.165) is 69.6 Å². The molecule has 122 valence electrons.